The first-order valence-corrected chi connectivity index (χ1v) is 6.78. The van der Waals surface area contributed by atoms with Gasteiger partial charge in [-0.1, -0.05) is 6.92 Å². The Kier molecular flexibility index (Phi) is 4.37. The van der Waals surface area contributed by atoms with E-state index >= 15 is 0 Å². The summed E-state index contributed by atoms with van der Waals surface area (Å²) in [6.45, 7) is 4.68. The molecular weight excluding hydrogens is 244 g/mol. The van der Waals surface area contributed by atoms with Crippen LogP contribution in [0.2, 0.25) is 0 Å². The summed E-state index contributed by atoms with van der Waals surface area (Å²) in [5.74, 6) is 0.912. The number of nitro groups is 1. The quantitative estimate of drug-likeness (QED) is 0.607. The van der Waals surface area contributed by atoms with Gasteiger partial charge in [0.15, 0.2) is 0 Å². The molecule has 5 heteroatoms. The maximum absolute atomic E-state index is 10.8. The molecule has 5 nitrogen and oxygen atoms in total. The van der Waals surface area contributed by atoms with Crippen molar-refractivity contribution in [3.05, 3.63) is 33.9 Å². The van der Waals surface area contributed by atoms with Crippen LogP contribution in [-0.4, -0.2) is 28.0 Å². The van der Waals surface area contributed by atoms with Gasteiger partial charge in [-0.2, -0.15) is 0 Å². The lowest BCUT2D eigenvalue weighted by Crippen LogP contribution is -2.26. The molecule has 0 heterocycles. The standard InChI is InChI=1S/C14H20N2O3/c1-2-7-15(9-11-3-4-11)10-12-8-13(16(18)19)5-6-14(12)17/h5-6,8,11,17H,2-4,7,9-10H2,1H3. The number of aromatic hydroxyl groups is 1. The summed E-state index contributed by atoms with van der Waals surface area (Å²) < 4.78 is 0. The highest BCUT2D eigenvalue weighted by Gasteiger charge is 2.24. The molecule has 1 aromatic carbocycles. The Labute approximate surface area is 113 Å². The van der Waals surface area contributed by atoms with Crippen LogP contribution in [-0.2, 0) is 6.54 Å². The van der Waals surface area contributed by atoms with Gasteiger partial charge in [-0.15, -0.1) is 0 Å². The van der Waals surface area contributed by atoms with E-state index in [9.17, 15) is 15.2 Å². The molecule has 0 aliphatic heterocycles. The SMILES string of the molecule is CCCN(Cc1cc([N+](=O)[O-])ccc1O)CC1CC1. The van der Waals surface area contributed by atoms with E-state index in [4.69, 9.17) is 0 Å². The molecule has 0 atom stereocenters. The molecule has 0 saturated heterocycles. The summed E-state index contributed by atoms with van der Waals surface area (Å²) in [6, 6.07) is 4.23. The van der Waals surface area contributed by atoms with Gasteiger partial charge in [-0.25, -0.2) is 0 Å². The van der Waals surface area contributed by atoms with Gasteiger partial charge in [-0.05, 0) is 37.8 Å². The van der Waals surface area contributed by atoms with Crippen LogP contribution in [0.1, 0.15) is 31.7 Å². The Morgan fingerprint density at radius 3 is 2.79 bits per heavy atom. The highest BCUT2D eigenvalue weighted by molar-refractivity contribution is 5.42. The van der Waals surface area contributed by atoms with Gasteiger partial charge in [-0.3, -0.25) is 15.0 Å². The van der Waals surface area contributed by atoms with Crippen LogP contribution >= 0.6 is 0 Å². The average molecular weight is 264 g/mol. The summed E-state index contributed by atoms with van der Waals surface area (Å²) in [5.41, 5.74) is 0.680. The average Bonchev–Trinajstić information content (AvgIpc) is 3.16. The molecule has 1 fully saturated rings. The highest BCUT2D eigenvalue weighted by Crippen LogP contribution is 2.31. The number of nitrogens with zero attached hydrogens (tertiary/aromatic N) is 2. The van der Waals surface area contributed by atoms with Crippen molar-refractivity contribution in [2.24, 2.45) is 5.92 Å². The molecule has 0 unspecified atom stereocenters. The molecule has 104 valence electrons. The van der Waals surface area contributed by atoms with Gasteiger partial charge in [0.2, 0.25) is 0 Å². The molecule has 1 aromatic rings. The van der Waals surface area contributed by atoms with Crippen LogP contribution in [0.15, 0.2) is 18.2 Å². The second kappa shape index (κ2) is 6.02. The molecular formula is C14H20N2O3. The molecule has 2 rings (SSSR count). The number of phenols is 1. The van der Waals surface area contributed by atoms with E-state index in [1.165, 1.54) is 31.0 Å². The van der Waals surface area contributed by atoms with Gasteiger partial charge in [0.25, 0.3) is 5.69 Å². The Morgan fingerprint density at radius 2 is 2.21 bits per heavy atom. The topological polar surface area (TPSA) is 66.6 Å². The first-order valence-electron chi connectivity index (χ1n) is 6.78. The van der Waals surface area contributed by atoms with Crippen molar-refractivity contribution >= 4 is 5.69 Å². The Bertz CT molecular complexity index is 458. The fourth-order valence-electron chi connectivity index (χ4n) is 2.27. The number of non-ortho nitro benzene ring substituents is 1. The maximum Gasteiger partial charge on any atom is 0.270 e. The zero-order valence-corrected chi connectivity index (χ0v) is 11.2. The van der Waals surface area contributed by atoms with E-state index in [0.717, 1.165) is 25.4 Å². The van der Waals surface area contributed by atoms with Gasteiger partial charge >= 0.3 is 0 Å². The first kappa shape index (κ1) is 13.8. The number of benzene rings is 1. The number of rotatable bonds is 7. The van der Waals surface area contributed by atoms with Gasteiger partial charge in [0.1, 0.15) is 5.75 Å². The van der Waals surface area contributed by atoms with E-state index in [1.807, 2.05) is 0 Å². The third-order valence-corrected chi connectivity index (χ3v) is 3.42. The normalized spacial score (nSPS) is 14.8. The fraction of sp³-hybridized carbons (Fsp3) is 0.571. The fourth-order valence-corrected chi connectivity index (χ4v) is 2.27. The summed E-state index contributed by atoms with van der Waals surface area (Å²) in [6.07, 6.45) is 3.60. The predicted octanol–water partition coefficient (Wildman–Crippen LogP) is 2.92. The third kappa shape index (κ3) is 3.92. The minimum Gasteiger partial charge on any atom is -0.508 e. The van der Waals surface area contributed by atoms with Crippen LogP contribution in [0, 0.1) is 16.0 Å². The zero-order chi connectivity index (χ0) is 13.8. The molecule has 0 amide bonds. The minimum absolute atomic E-state index is 0.0377. The van der Waals surface area contributed by atoms with Crippen molar-refractivity contribution in [2.75, 3.05) is 13.1 Å². The molecule has 1 N–H and O–H groups in total. The largest absolute Gasteiger partial charge is 0.508 e. The summed E-state index contributed by atoms with van der Waals surface area (Å²) in [4.78, 5) is 12.6. The van der Waals surface area contributed by atoms with Crippen LogP contribution in [0.3, 0.4) is 0 Å². The molecule has 1 aliphatic rings. The Morgan fingerprint density at radius 1 is 1.47 bits per heavy atom. The monoisotopic (exact) mass is 264 g/mol. The van der Waals surface area contributed by atoms with Crippen molar-refractivity contribution in [3.63, 3.8) is 0 Å². The van der Waals surface area contributed by atoms with Crippen LogP contribution in [0.25, 0.3) is 0 Å². The first-order chi connectivity index (χ1) is 9.10. The summed E-state index contributed by atoms with van der Waals surface area (Å²) in [7, 11) is 0. The van der Waals surface area contributed by atoms with Gasteiger partial charge in [0.05, 0.1) is 4.92 Å². The van der Waals surface area contributed by atoms with Crippen molar-refractivity contribution in [3.8, 4) is 5.75 Å². The number of hydrogen-bond acceptors (Lipinski definition) is 4. The zero-order valence-electron chi connectivity index (χ0n) is 11.2. The van der Waals surface area contributed by atoms with Gasteiger partial charge < -0.3 is 5.11 Å². The van der Waals surface area contributed by atoms with E-state index in [-0.39, 0.29) is 11.4 Å². The molecule has 0 bridgehead atoms. The lowest BCUT2D eigenvalue weighted by atomic mass is 10.1. The van der Waals surface area contributed by atoms with Crippen molar-refractivity contribution < 1.29 is 10.0 Å². The number of phenolic OH excluding ortho intramolecular Hbond substituents is 1. The molecule has 1 aliphatic carbocycles. The highest BCUT2D eigenvalue weighted by atomic mass is 16.6. The lowest BCUT2D eigenvalue weighted by Gasteiger charge is -2.21. The molecule has 0 radical (unpaired) electrons. The second-order valence-electron chi connectivity index (χ2n) is 5.25. The molecule has 1 saturated carbocycles. The lowest BCUT2D eigenvalue weighted by molar-refractivity contribution is -0.385. The second-order valence-corrected chi connectivity index (χ2v) is 5.25. The molecule has 0 spiro atoms. The van der Waals surface area contributed by atoms with Crippen LogP contribution in [0.5, 0.6) is 5.75 Å². The van der Waals surface area contributed by atoms with E-state index in [2.05, 4.69) is 11.8 Å². The van der Waals surface area contributed by atoms with Crippen LogP contribution < -0.4 is 0 Å². The minimum atomic E-state index is -0.423. The van der Waals surface area contributed by atoms with E-state index < -0.39 is 4.92 Å². The number of nitro benzene ring substituents is 1. The predicted molar refractivity (Wildman–Crippen MR) is 73.1 cm³/mol. The summed E-state index contributed by atoms with van der Waals surface area (Å²) in [5, 5.41) is 20.6. The van der Waals surface area contributed by atoms with Crippen LogP contribution in [0.4, 0.5) is 5.69 Å². The summed E-state index contributed by atoms with van der Waals surface area (Å²) >= 11 is 0. The Hall–Kier alpha value is -1.62. The van der Waals surface area contributed by atoms with E-state index in [0.29, 0.717) is 12.1 Å². The van der Waals surface area contributed by atoms with E-state index in [1.54, 1.807) is 0 Å². The number of hydrogen-bond donors (Lipinski definition) is 1. The van der Waals surface area contributed by atoms with Crippen molar-refractivity contribution in [2.45, 2.75) is 32.7 Å². The smallest absolute Gasteiger partial charge is 0.270 e. The maximum atomic E-state index is 10.8. The van der Waals surface area contributed by atoms with Gasteiger partial charge in [0, 0.05) is 30.8 Å². The third-order valence-electron chi connectivity index (χ3n) is 3.42. The molecule has 0 aromatic heterocycles. The van der Waals surface area contributed by atoms with Crippen molar-refractivity contribution in [1.82, 2.24) is 4.90 Å². The van der Waals surface area contributed by atoms with Crippen molar-refractivity contribution in [1.29, 1.82) is 0 Å². The Balaban J connectivity index is 2.09. The molecule has 19 heavy (non-hydrogen) atoms.